The molecule has 4 rings (SSSR count). The number of imidazole rings is 1. The molecule has 0 saturated carbocycles. The summed E-state index contributed by atoms with van der Waals surface area (Å²) < 4.78 is 2.05. The maximum Gasteiger partial charge on any atom is 0.252 e. The molecule has 1 aromatic heterocycles. The molecule has 0 unspecified atom stereocenters. The van der Waals surface area contributed by atoms with Crippen LogP contribution in [0.5, 0.6) is 0 Å². The molecule has 7 heteroatoms. The molecule has 0 bridgehead atoms. The molecule has 0 aliphatic heterocycles. The van der Waals surface area contributed by atoms with Gasteiger partial charge in [0.1, 0.15) is 6.54 Å². The summed E-state index contributed by atoms with van der Waals surface area (Å²) in [6, 6.07) is 26.8. The molecule has 0 radical (unpaired) electrons. The van der Waals surface area contributed by atoms with Gasteiger partial charge in [-0.05, 0) is 47.0 Å². The van der Waals surface area contributed by atoms with Crippen molar-refractivity contribution in [2.24, 2.45) is 0 Å². The predicted molar refractivity (Wildman–Crippen MR) is 130 cm³/mol. The molecule has 1 amide bonds. The average molecular weight is 447 g/mol. The quantitative estimate of drug-likeness (QED) is 0.392. The zero-order chi connectivity index (χ0) is 23.8. The highest BCUT2D eigenvalue weighted by molar-refractivity contribution is 6.01. The van der Waals surface area contributed by atoms with Gasteiger partial charge in [0, 0.05) is 24.0 Å². The summed E-state index contributed by atoms with van der Waals surface area (Å²) in [5.74, 6) is -0.285. The number of nitrogens with zero attached hydrogens (tertiary/aromatic N) is 4. The fraction of sp³-hybridized carbons (Fsp3) is 0.111. The Bertz CT molecular complexity index is 1360. The van der Waals surface area contributed by atoms with Crippen molar-refractivity contribution in [2.75, 3.05) is 11.9 Å². The summed E-state index contributed by atoms with van der Waals surface area (Å²) in [6.07, 6.45) is 3.60. The number of carbonyl (C=O) groups excluding carboxylic acids is 1. The Morgan fingerprint density at radius 2 is 1.79 bits per heavy atom. The monoisotopic (exact) mass is 446 g/mol. The molecule has 4 aromatic rings. The lowest BCUT2D eigenvalue weighted by molar-refractivity contribution is 0.0959. The highest BCUT2D eigenvalue weighted by Gasteiger charge is 2.14. The van der Waals surface area contributed by atoms with Crippen LogP contribution in [0.4, 0.5) is 5.69 Å². The Morgan fingerprint density at radius 1 is 1.00 bits per heavy atom. The number of aromatic nitrogens is 2. The zero-order valence-corrected chi connectivity index (χ0v) is 18.4. The number of carbonyl (C=O) groups is 1. The summed E-state index contributed by atoms with van der Waals surface area (Å²) in [5.41, 5.74) is 5.79. The van der Waals surface area contributed by atoms with Crippen LogP contribution in [-0.2, 0) is 13.1 Å². The first kappa shape index (κ1) is 22.3. The van der Waals surface area contributed by atoms with E-state index in [0.717, 1.165) is 28.1 Å². The highest BCUT2D eigenvalue weighted by atomic mass is 16.1. The standard InChI is InChI=1S/C27H22N6O/c28-12-13-31-27(34)25-11-10-23(14-26(25)22-4-2-1-3-5-22)32-17-24-16-30-19-33(24)18-21-8-6-20(15-29)7-9-21/h1-11,14,16,19,32H,13,17-18H2,(H,31,34). The third kappa shape index (κ3) is 5.29. The number of amides is 1. The van der Waals surface area contributed by atoms with Gasteiger partial charge in [-0.3, -0.25) is 4.79 Å². The van der Waals surface area contributed by atoms with Crippen LogP contribution in [0.25, 0.3) is 11.1 Å². The molecule has 2 N–H and O–H groups in total. The molecule has 7 nitrogen and oxygen atoms in total. The molecule has 0 aliphatic rings. The maximum absolute atomic E-state index is 12.6. The number of hydrogen-bond acceptors (Lipinski definition) is 5. The highest BCUT2D eigenvalue weighted by Crippen LogP contribution is 2.27. The molecule has 0 atom stereocenters. The summed E-state index contributed by atoms with van der Waals surface area (Å²) >= 11 is 0. The van der Waals surface area contributed by atoms with E-state index < -0.39 is 0 Å². The number of hydrogen-bond donors (Lipinski definition) is 2. The third-order valence-electron chi connectivity index (χ3n) is 5.39. The van der Waals surface area contributed by atoms with E-state index in [1.54, 1.807) is 12.4 Å². The van der Waals surface area contributed by atoms with Gasteiger partial charge in [0.25, 0.3) is 5.91 Å². The second-order valence-electron chi connectivity index (χ2n) is 7.64. The normalized spacial score (nSPS) is 10.2. The minimum Gasteiger partial charge on any atom is -0.379 e. The molecule has 34 heavy (non-hydrogen) atoms. The van der Waals surface area contributed by atoms with Gasteiger partial charge in [-0.25, -0.2) is 4.98 Å². The van der Waals surface area contributed by atoms with Gasteiger partial charge in [-0.15, -0.1) is 0 Å². The lowest BCUT2D eigenvalue weighted by Gasteiger charge is -2.14. The largest absolute Gasteiger partial charge is 0.379 e. The van der Waals surface area contributed by atoms with Crippen molar-refractivity contribution in [1.29, 1.82) is 10.5 Å². The molecule has 166 valence electrons. The number of nitrogens with one attached hydrogen (secondary N) is 2. The van der Waals surface area contributed by atoms with E-state index in [2.05, 4.69) is 26.3 Å². The van der Waals surface area contributed by atoms with Crippen LogP contribution in [0.3, 0.4) is 0 Å². The van der Waals surface area contributed by atoms with Crippen molar-refractivity contribution in [2.45, 2.75) is 13.1 Å². The lowest BCUT2D eigenvalue weighted by atomic mass is 9.98. The van der Waals surface area contributed by atoms with E-state index in [1.807, 2.05) is 79.0 Å². The van der Waals surface area contributed by atoms with Gasteiger partial charge in [0.2, 0.25) is 0 Å². The molecule has 0 saturated heterocycles. The number of nitriles is 2. The summed E-state index contributed by atoms with van der Waals surface area (Å²) in [7, 11) is 0. The fourth-order valence-corrected chi connectivity index (χ4v) is 3.64. The Morgan fingerprint density at radius 3 is 2.53 bits per heavy atom. The minimum absolute atomic E-state index is 0.0453. The van der Waals surface area contributed by atoms with Crippen LogP contribution in [0, 0.1) is 22.7 Å². The third-order valence-corrected chi connectivity index (χ3v) is 5.39. The van der Waals surface area contributed by atoms with Crippen molar-refractivity contribution in [1.82, 2.24) is 14.9 Å². The summed E-state index contributed by atoms with van der Waals surface area (Å²) in [5, 5.41) is 23.8. The Kier molecular flexibility index (Phi) is 6.97. The number of benzene rings is 3. The van der Waals surface area contributed by atoms with E-state index >= 15 is 0 Å². The van der Waals surface area contributed by atoms with E-state index in [9.17, 15) is 4.79 Å². The van der Waals surface area contributed by atoms with Gasteiger partial charge < -0.3 is 15.2 Å². The van der Waals surface area contributed by atoms with Crippen LogP contribution in [-0.4, -0.2) is 22.0 Å². The molecule has 0 spiro atoms. The van der Waals surface area contributed by atoms with Crippen LogP contribution < -0.4 is 10.6 Å². The van der Waals surface area contributed by atoms with Crippen molar-refractivity contribution in [3.8, 4) is 23.3 Å². The lowest BCUT2D eigenvalue weighted by Crippen LogP contribution is -2.24. The SMILES string of the molecule is N#CCNC(=O)c1ccc(NCc2cncn2Cc2ccc(C#N)cc2)cc1-c1ccccc1. The van der Waals surface area contributed by atoms with Crippen LogP contribution in [0.1, 0.15) is 27.2 Å². The van der Waals surface area contributed by atoms with E-state index in [0.29, 0.717) is 24.2 Å². The average Bonchev–Trinajstić information content (AvgIpc) is 3.33. The van der Waals surface area contributed by atoms with Crippen molar-refractivity contribution in [3.63, 3.8) is 0 Å². The molecule has 1 heterocycles. The molecular weight excluding hydrogens is 424 g/mol. The van der Waals surface area contributed by atoms with Gasteiger partial charge in [-0.1, -0.05) is 42.5 Å². The van der Waals surface area contributed by atoms with Gasteiger partial charge >= 0.3 is 0 Å². The smallest absolute Gasteiger partial charge is 0.252 e. The zero-order valence-electron chi connectivity index (χ0n) is 18.4. The Hall–Kier alpha value is -4.88. The molecule has 0 fully saturated rings. The second kappa shape index (κ2) is 10.6. The summed E-state index contributed by atoms with van der Waals surface area (Å²) in [6.45, 7) is 1.15. The molecule has 0 aliphatic carbocycles. The number of anilines is 1. The Balaban J connectivity index is 1.53. The van der Waals surface area contributed by atoms with Crippen molar-refractivity contribution < 1.29 is 4.79 Å². The van der Waals surface area contributed by atoms with Gasteiger partial charge in [0.05, 0.1) is 36.3 Å². The topological polar surface area (TPSA) is 107 Å². The van der Waals surface area contributed by atoms with Crippen LogP contribution >= 0.6 is 0 Å². The summed E-state index contributed by atoms with van der Waals surface area (Å²) in [4.78, 5) is 16.9. The maximum atomic E-state index is 12.6. The molecular formula is C27H22N6O. The van der Waals surface area contributed by atoms with E-state index in [4.69, 9.17) is 10.5 Å². The second-order valence-corrected chi connectivity index (χ2v) is 7.64. The Labute approximate surface area is 197 Å². The van der Waals surface area contributed by atoms with Crippen molar-refractivity contribution >= 4 is 11.6 Å². The first-order chi connectivity index (χ1) is 16.7. The predicted octanol–water partition coefficient (Wildman–Crippen LogP) is 4.34. The first-order valence-electron chi connectivity index (χ1n) is 10.7. The van der Waals surface area contributed by atoms with Crippen LogP contribution in [0.15, 0.2) is 85.3 Å². The van der Waals surface area contributed by atoms with Gasteiger partial charge in [-0.2, -0.15) is 10.5 Å². The first-order valence-corrected chi connectivity index (χ1v) is 10.7. The van der Waals surface area contributed by atoms with Gasteiger partial charge in [0.15, 0.2) is 0 Å². The van der Waals surface area contributed by atoms with E-state index in [1.165, 1.54) is 0 Å². The molecule has 3 aromatic carbocycles. The number of rotatable bonds is 8. The van der Waals surface area contributed by atoms with Crippen molar-refractivity contribution in [3.05, 3.63) is 108 Å². The fourth-order valence-electron chi connectivity index (χ4n) is 3.64. The minimum atomic E-state index is -0.285. The van der Waals surface area contributed by atoms with Crippen LogP contribution in [0.2, 0.25) is 0 Å². The van der Waals surface area contributed by atoms with E-state index in [-0.39, 0.29) is 12.5 Å².